The molecule has 3 aromatic rings. The summed E-state index contributed by atoms with van der Waals surface area (Å²) in [6, 6.07) is 4.95. The molecule has 0 aromatic carbocycles. The van der Waals surface area contributed by atoms with Crippen LogP contribution in [0.5, 0.6) is 0 Å². The van der Waals surface area contributed by atoms with Gasteiger partial charge in [0, 0.05) is 18.5 Å². The Bertz CT molecular complexity index is 929. The molecule has 0 aliphatic heterocycles. The molecule has 8 nitrogen and oxygen atoms in total. The predicted molar refractivity (Wildman–Crippen MR) is 91.5 cm³/mol. The Balaban J connectivity index is 1.83. The maximum atomic E-state index is 12.9. The molecule has 3 rings (SSSR count). The van der Waals surface area contributed by atoms with Crippen LogP contribution >= 0.6 is 11.3 Å². The first-order valence-electron chi connectivity index (χ1n) is 7.75. The lowest BCUT2D eigenvalue weighted by Crippen LogP contribution is -2.30. The zero-order valence-corrected chi connectivity index (χ0v) is 15.7. The summed E-state index contributed by atoms with van der Waals surface area (Å²) in [5.74, 6) is 1.49. The van der Waals surface area contributed by atoms with Gasteiger partial charge in [-0.25, -0.2) is 8.42 Å². The van der Waals surface area contributed by atoms with E-state index in [2.05, 4.69) is 15.3 Å². The molecule has 0 radical (unpaired) electrons. The van der Waals surface area contributed by atoms with Gasteiger partial charge in [0.15, 0.2) is 11.6 Å². The molecule has 3 aromatic heterocycles. The Labute approximate surface area is 149 Å². The third kappa shape index (κ3) is 3.65. The number of hydrogen-bond acceptors (Lipinski definition) is 8. The van der Waals surface area contributed by atoms with Gasteiger partial charge in [-0.15, -0.1) is 11.3 Å². The quantitative estimate of drug-likeness (QED) is 0.618. The number of thiophene rings is 1. The molecule has 0 aliphatic rings. The van der Waals surface area contributed by atoms with Crippen molar-refractivity contribution < 1.29 is 17.5 Å². The normalized spacial score (nSPS) is 12.4. The van der Waals surface area contributed by atoms with Gasteiger partial charge in [0.2, 0.25) is 5.89 Å². The van der Waals surface area contributed by atoms with Crippen LogP contribution in [0.25, 0.3) is 10.6 Å². The Hall–Kier alpha value is -2.04. The SMILES string of the molecule is CCN(Cc1nc(C(C)C)no1)S(=O)(=O)c1ccc(-c2ccno2)s1. The third-order valence-electron chi connectivity index (χ3n) is 3.52. The molecule has 0 atom stereocenters. The van der Waals surface area contributed by atoms with Crippen molar-refractivity contribution in [2.24, 2.45) is 0 Å². The molecule has 0 saturated carbocycles. The summed E-state index contributed by atoms with van der Waals surface area (Å²) in [4.78, 5) is 4.95. The minimum absolute atomic E-state index is 0.0358. The Morgan fingerprint density at radius 1 is 1.24 bits per heavy atom. The number of nitrogens with zero attached hydrogens (tertiary/aromatic N) is 4. The summed E-state index contributed by atoms with van der Waals surface area (Å²) in [6.45, 7) is 5.98. The Morgan fingerprint density at radius 3 is 2.64 bits per heavy atom. The lowest BCUT2D eigenvalue weighted by Gasteiger charge is -2.17. The van der Waals surface area contributed by atoms with Gasteiger partial charge < -0.3 is 9.05 Å². The fourth-order valence-electron chi connectivity index (χ4n) is 2.15. The van der Waals surface area contributed by atoms with E-state index in [0.717, 1.165) is 11.3 Å². The van der Waals surface area contributed by atoms with Gasteiger partial charge in [-0.1, -0.05) is 31.1 Å². The molecular formula is C15H18N4O4S2. The monoisotopic (exact) mass is 382 g/mol. The summed E-state index contributed by atoms with van der Waals surface area (Å²) in [5.41, 5.74) is 0. The number of rotatable bonds is 7. The average molecular weight is 382 g/mol. The summed E-state index contributed by atoms with van der Waals surface area (Å²) in [5, 5.41) is 7.51. The van der Waals surface area contributed by atoms with E-state index in [0.29, 0.717) is 16.5 Å². The van der Waals surface area contributed by atoms with Crippen molar-refractivity contribution in [1.29, 1.82) is 0 Å². The second-order valence-electron chi connectivity index (χ2n) is 5.63. The standard InChI is InChI=1S/C15H18N4O4S2/c1-4-19(9-13-17-15(10(2)3)18-23-13)25(20,21)14-6-5-12(24-14)11-7-8-16-22-11/h5-8,10H,4,9H2,1-3H3. The van der Waals surface area contributed by atoms with E-state index < -0.39 is 10.0 Å². The zero-order valence-electron chi connectivity index (χ0n) is 14.0. The van der Waals surface area contributed by atoms with Crippen molar-refractivity contribution in [2.45, 2.75) is 37.4 Å². The molecule has 0 N–H and O–H groups in total. The highest BCUT2D eigenvalue weighted by Gasteiger charge is 2.27. The fourth-order valence-corrected chi connectivity index (χ4v) is 4.96. The minimum Gasteiger partial charge on any atom is -0.355 e. The van der Waals surface area contributed by atoms with Crippen molar-refractivity contribution in [3.8, 4) is 10.6 Å². The Kier molecular flexibility index (Phi) is 5.02. The van der Waals surface area contributed by atoms with Crippen molar-refractivity contribution in [3.63, 3.8) is 0 Å². The third-order valence-corrected chi connectivity index (χ3v) is 7.01. The van der Waals surface area contributed by atoms with Crippen LogP contribution in [0.3, 0.4) is 0 Å². The van der Waals surface area contributed by atoms with Crippen LogP contribution in [0.1, 0.15) is 38.4 Å². The van der Waals surface area contributed by atoms with E-state index in [4.69, 9.17) is 9.05 Å². The second-order valence-corrected chi connectivity index (χ2v) is 8.88. The maximum Gasteiger partial charge on any atom is 0.253 e. The van der Waals surface area contributed by atoms with Gasteiger partial charge in [0.05, 0.1) is 17.6 Å². The van der Waals surface area contributed by atoms with Crippen molar-refractivity contribution >= 4 is 21.4 Å². The number of hydrogen-bond donors (Lipinski definition) is 0. The molecule has 134 valence electrons. The van der Waals surface area contributed by atoms with Crippen LogP contribution in [0.2, 0.25) is 0 Å². The van der Waals surface area contributed by atoms with Crippen LogP contribution in [0, 0.1) is 0 Å². The average Bonchev–Trinajstić information content (AvgIpc) is 3.32. The Morgan fingerprint density at radius 2 is 2.04 bits per heavy atom. The van der Waals surface area contributed by atoms with Crippen LogP contribution in [-0.2, 0) is 16.6 Å². The van der Waals surface area contributed by atoms with Gasteiger partial charge >= 0.3 is 0 Å². The van der Waals surface area contributed by atoms with Crippen LogP contribution < -0.4 is 0 Å². The van der Waals surface area contributed by atoms with E-state index in [9.17, 15) is 8.42 Å². The summed E-state index contributed by atoms with van der Waals surface area (Å²) < 4.78 is 37.6. The highest BCUT2D eigenvalue weighted by Crippen LogP contribution is 2.32. The van der Waals surface area contributed by atoms with E-state index in [1.165, 1.54) is 10.5 Å². The van der Waals surface area contributed by atoms with E-state index in [-0.39, 0.29) is 29.1 Å². The number of aromatic nitrogens is 3. The molecular weight excluding hydrogens is 364 g/mol. The van der Waals surface area contributed by atoms with Crippen LogP contribution in [0.15, 0.2) is 37.7 Å². The highest BCUT2D eigenvalue weighted by atomic mass is 32.2. The highest BCUT2D eigenvalue weighted by molar-refractivity contribution is 7.91. The molecule has 0 aliphatic carbocycles. The van der Waals surface area contributed by atoms with Crippen LogP contribution in [0.4, 0.5) is 0 Å². The topological polar surface area (TPSA) is 102 Å². The zero-order chi connectivity index (χ0) is 18.0. The lowest BCUT2D eigenvalue weighted by atomic mass is 10.2. The molecule has 0 unspecified atom stereocenters. The molecule has 3 heterocycles. The molecule has 25 heavy (non-hydrogen) atoms. The smallest absolute Gasteiger partial charge is 0.253 e. The van der Waals surface area contributed by atoms with E-state index in [1.807, 2.05) is 13.8 Å². The first kappa shape index (κ1) is 17.8. The van der Waals surface area contributed by atoms with E-state index >= 15 is 0 Å². The summed E-state index contributed by atoms with van der Waals surface area (Å²) in [6.07, 6.45) is 1.52. The molecule has 0 saturated heterocycles. The molecule has 10 heteroatoms. The van der Waals surface area contributed by atoms with Gasteiger partial charge in [-0.3, -0.25) is 0 Å². The van der Waals surface area contributed by atoms with E-state index in [1.54, 1.807) is 25.1 Å². The molecule has 0 bridgehead atoms. The molecule has 0 fully saturated rings. The second kappa shape index (κ2) is 7.06. The minimum atomic E-state index is -3.67. The van der Waals surface area contributed by atoms with Crippen molar-refractivity contribution in [2.75, 3.05) is 6.54 Å². The lowest BCUT2D eigenvalue weighted by molar-refractivity contribution is 0.319. The molecule has 0 amide bonds. The number of sulfonamides is 1. The van der Waals surface area contributed by atoms with Gasteiger partial charge in [-0.2, -0.15) is 9.29 Å². The van der Waals surface area contributed by atoms with Gasteiger partial charge in [0.1, 0.15) is 4.21 Å². The predicted octanol–water partition coefficient (Wildman–Crippen LogP) is 3.12. The first-order chi connectivity index (χ1) is 11.9. The fraction of sp³-hybridized carbons (Fsp3) is 0.400. The summed E-state index contributed by atoms with van der Waals surface area (Å²) >= 11 is 1.13. The van der Waals surface area contributed by atoms with Gasteiger partial charge in [-0.05, 0) is 12.1 Å². The largest absolute Gasteiger partial charge is 0.355 e. The molecule has 0 spiro atoms. The van der Waals surface area contributed by atoms with Crippen molar-refractivity contribution in [3.05, 3.63) is 36.1 Å². The van der Waals surface area contributed by atoms with Crippen molar-refractivity contribution in [1.82, 2.24) is 19.6 Å². The summed E-state index contributed by atoms with van der Waals surface area (Å²) in [7, 11) is -3.67. The maximum absolute atomic E-state index is 12.9. The first-order valence-corrected chi connectivity index (χ1v) is 10.0. The van der Waals surface area contributed by atoms with Crippen LogP contribution in [-0.4, -0.2) is 34.6 Å². The van der Waals surface area contributed by atoms with Gasteiger partial charge in [0.25, 0.3) is 10.0 Å².